The molecule has 0 spiro atoms. The Labute approximate surface area is 90.4 Å². The number of benzene rings is 1. The van der Waals surface area contributed by atoms with Gasteiger partial charge in [0.2, 0.25) is 5.91 Å². The molecule has 82 valence electrons. The average molecular weight is 207 g/mol. The lowest BCUT2D eigenvalue weighted by molar-refractivity contribution is -0.119. The zero-order valence-electron chi connectivity index (χ0n) is 9.41. The second kappa shape index (κ2) is 5.39. The summed E-state index contributed by atoms with van der Waals surface area (Å²) in [5, 5.41) is 2.85. The van der Waals surface area contributed by atoms with E-state index < -0.39 is 0 Å². The van der Waals surface area contributed by atoms with Crippen LogP contribution >= 0.6 is 0 Å². The molecule has 1 aromatic carbocycles. The van der Waals surface area contributed by atoms with Crippen molar-refractivity contribution in [1.29, 1.82) is 0 Å². The molecule has 0 heterocycles. The Morgan fingerprint density at radius 1 is 1.53 bits per heavy atom. The maximum Gasteiger partial charge on any atom is 0.227 e. The first kappa shape index (κ1) is 11.6. The Hall–Kier alpha value is -1.51. The normalized spacial score (nSPS) is 11.9. The number of anilines is 1. The average Bonchev–Trinajstić information content (AvgIpc) is 2.28. The van der Waals surface area contributed by atoms with E-state index in [0.717, 1.165) is 17.9 Å². The summed E-state index contributed by atoms with van der Waals surface area (Å²) in [6.45, 7) is 3.91. The van der Waals surface area contributed by atoms with Crippen LogP contribution in [-0.4, -0.2) is 13.0 Å². The number of amides is 1. The molecule has 15 heavy (non-hydrogen) atoms. The first-order valence-corrected chi connectivity index (χ1v) is 5.12. The van der Waals surface area contributed by atoms with Crippen molar-refractivity contribution in [3.05, 3.63) is 24.3 Å². The molecule has 1 unspecified atom stereocenters. The van der Waals surface area contributed by atoms with E-state index in [4.69, 9.17) is 4.74 Å². The molecule has 0 saturated heterocycles. The standard InChI is InChI=1S/C12H17NO2/c1-4-9(2)12(14)13-10-6-5-7-11(8-10)15-3/h5-9H,4H2,1-3H3,(H,13,14). The molecular formula is C12H17NO2. The van der Waals surface area contributed by atoms with Crippen molar-refractivity contribution in [3.63, 3.8) is 0 Å². The largest absolute Gasteiger partial charge is 0.497 e. The van der Waals surface area contributed by atoms with Crippen LogP contribution in [0.15, 0.2) is 24.3 Å². The van der Waals surface area contributed by atoms with E-state index in [1.54, 1.807) is 13.2 Å². The number of carbonyl (C=O) groups is 1. The van der Waals surface area contributed by atoms with Crippen molar-refractivity contribution in [2.75, 3.05) is 12.4 Å². The van der Waals surface area contributed by atoms with Gasteiger partial charge in [-0.25, -0.2) is 0 Å². The minimum Gasteiger partial charge on any atom is -0.497 e. The summed E-state index contributed by atoms with van der Waals surface area (Å²) in [4.78, 5) is 11.6. The maximum absolute atomic E-state index is 11.6. The van der Waals surface area contributed by atoms with Gasteiger partial charge in [0.25, 0.3) is 0 Å². The first-order chi connectivity index (χ1) is 7.17. The second-order valence-corrected chi connectivity index (χ2v) is 3.53. The van der Waals surface area contributed by atoms with Crippen molar-refractivity contribution < 1.29 is 9.53 Å². The van der Waals surface area contributed by atoms with Gasteiger partial charge in [-0.2, -0.15) is 0 Å². The van der Waals surface area contributed by atoms with Crippen molar-refractivity contribution in [2.45, 2.75) is 20.3 Å². The number of methoxy groups -OCH3 is 1. The number of carbonyl (C=O) groups excluding carboxylic acids is 1. The van der Waals surface area contributed by atoms with Crippen molar-refractivity contribution >= 4 is 11.6 Å². The highest BCUT2D eigenvalue weighted by Gasteiger charge is 2.10. The quantitative estimate of drug-likeness (QED) is 0.824. The molecule has 0 aromatic heterocycles. The van der Waals surface area contributed by atoms with Crippen LogP contribution in [0.3, 0.4) is 0 Å². The number of ether oxygens (including phenoxy) is 1. The monoisotopic (exact) mass is 207 g/mol. The summed E-state index contributed by atoms with van der Waals surface area (Å²) in [6, 6.07) is 7.35. The minimum absolute atomic E-state index is 0.0381. The first-order valence-electron chi connectivity index (χ1n) is 5.12. The maximum atomic E-state index is 11.6. The van der Waals surface area contributed by atoms with Crippen LogP contribution in [0.4, 0.5) is 5.69 Å². The van der Waals surface area contributed by atoms with E-state index in [1.165, 1.54) is 0 Å². The van der Waals surface area contributed by atoms with Crippen LogP contribution in [-0.2, 0) is 4.79 Å². The smallest absolute Gasteiger partial charge is 0.227 e. The highest BCUT2D eigenvalue weighted by Crippen LogP contribution is 2.17. The Bertz CT molecular complexity index is 336. The van der Waals surface area contributed by atoms with Gasteiger partial charge in [-0.05, 0) is 18.6 Å². The molecule has 0 fully saturated rings. The molecule has 3 nitrogen and oxygen atoms in total. The Morgan fingerprint density at radius 3 is 2.87 bits per heavy atom. The second-order valence-electron chi connectivity index (χ2n) is 3.53. The van der Waals surface area contributed by atoms with Crippen molar-refractivity contribution in [3.8, 4) is 5.75 Å². The Kier molecular flexibility index (Phi) is 4.16. The molecule has 0 aliphatic carbocycles. The fourth-order valence-electron chi connectivity index (χ4n) is 1.15. The van der Waals surface area contributed by atoms with E-state index in [1.807, 2.05) is 32.0 Å². The molecule has 3 heteroatoms. The molecular weight excluding hydrogens is 190 g/mol. The molecule has 1 aromatic rings. The van der Waals surface area contributed by atoms with Crippen molar-refractivity contribution in [1.82, 2.24) is 0 Å². The summed E-state index contributed by atoms with van der Waals surface area (Å²) in [5.74, 6) is 0.832. The van der Waals surface area contributed by atoms with Gasteiger partial charge in [-0.15, -0.1) is 0 Å². The highest BCUT2D eigenvalue weighted by atomic mass is 16.5. The molecule has 0 saturated carbocycles. The number of hydrogen-bond donors (Lipinski definition) is 1. The number of hydrogen-bond acceptors (Lipinski definition) is 2. The highest BCUT2D eigenvalue weighted by molar-refractivity contribution is 5.92. The predicted octanol–water partition coefficient (Wildman–Crippen LogP) is 2.68. The van der Waals surface area contributed by atoms with Crippen LogP contribution in [0.5, 0.6) is 5.75 Å². The number of nitrogens with one attached hydrogen (secondary N) is 1. The molecule has 1 N–H and O–H groups in total. The van der Waals surface area contributed by atoms with Gasteiger partial charge in [0.15, 0.2) is 0 Å². The lowest BCUT2D eigenvalue weighted by Crippen LogP contribution is -2.19. The van der Waals surface area contributed by atoms with Gasteiger partial charge >= 0.3 is 0 Å². The van der Waals surface area contributed by atoms with Gasteiger partial charge in [0.05, 0.1) is 7.11 Å². The predicted molar refractivity (Wildman–Crippen MR) is 61.1 cm³/mol. The van der Waals surface area contributed by atoms with E-state index in [9.17, 15) is 4.79 Å². The molecule has 0 aliphatic rings. The summed E-state index contributed by atoms with van der Waals surface area (Å²) in [6.07, 6.45) is 0.843. The van der Waals surface area contributed by atoms with Gasteiger partial charge in [-0.1, -0.05) is 19.9 Å². The van der Waals surface area contributed by atoms with Gasteiger partial charge in [0.1, 0.15) is 5.75 Å². The lowest BCUT2D eigenvalue weighted by atomic mass is 10.1. The Balaban J connectivity index is 2.68. The molecule has 0 bridgehead atoms. The van der Waals surface area contributed by atoms with Gasteiger partial charge in [-0.3, -0.25) is 4.79 Å². The molecule has 0 aliphatic heterocycles. The van der Waals surface area contributed by atoms with Crippen LogP contribution in [0.1, 0.15) is 20.3 Å². The molecule has 0 radical (unpaired) electrons. The van der Waals surface area contributed by atoms with Gasteiger partial charge < -0.3 is 10.1 Å². The summed E-state index contributed by atoms with van der Waals surface area (Å²) >= 11 is 0. The van der Waals surface area contributed by atoms with E-state index in [2.05, 4.69) is 5.32 Å². The Morgan fingerprint density at radius 2 is 2.27 bits per heavy atom. The number of rotatable bonds is 4. The fourth-order valence-corrected chi connectivity index (χ4v) is 1.15. The van der Waals surface area contributed by atoms with Crippen LogP contribution in [0.2, 0.25) is 0 Å². The zero-order valence-corrected chi connectivity index (χ0v) is 9.41. The van der Waals surface area contributed by atoms with Crippen LogP contribution < -0.4 is 10.1 Å². The van der Waals surface area contributed by atoms with E-state index in [0.29, 0.717) is 0 Å². The van der Waals surface area contributed by atoms with E-state index in [-0.39, 0.29) is 11.8 Å². The van der Waals surface area contributed by atoms with E-state index >= 15 is 0 Å². The molecule has 1 amide bonds. The molecule has 1 atom stereocenters. The zero-order chi connectivity index (χ0) is 11.3. The van der Waals surface area contributed by atoms with Gasteiger partial charge in [0, 0.05) is 17.7 Å². The molecule has 1 rings (SSSR count). The topological polar surface area (TPSA) is 38.3 Å². The third-order valence-electron chi connectivity index (χ3n) is 2.40. The lowest BCUT2D eigenvalue weighted by Gasteiger charge is -2.10. The minimum atomic E-state index is 0.0381. The summed E-state index contributed by atoms with van der Waals surface area (Å²) in [5.41, 5.74) is 0.777. The van der Waals surface area contributed by atoms with Crippen molar-refractivity contribution in [2.24, 2.45) is 5.92 Å². The third-order valence-corrected chi connectivity index (χ3v) is 2.40. The summed E-state index contributed by atoms with van der Waals surface area (Å²) < 4.78 is 5.07. The van der Waals surface area contributed by atoms with Crippen LogP contribution in [0, 0.1) is 5.92 Å². The third kappa shape index (κ3) is 3.27. The fraction of sp³-hybridized carbons (Fsp3) is 0.417. The van der Waals surface area contributed by atoms with Crippen LogP contribution in [0.25, 0.3) is 0 Å². The summed E-state index contributed by atoms with van der Waals surface area (Å²) in [7, 11) is 1.61. The SMILES string of the molecule is CCC(C)C(=O)Nc1cccc(OC)c1.